The highest BCUT2D eigenvalue weighted by atomic mass is 35.5. The number of halogens is 1. The van der Waals surface area contributed by atoms with Crippen molar-refractivity contribution < 1.29 is 9.90 Å². The number of benzene rings is 1. The summed E-state index contributed by atoms with van der Waals surface area (Å²) in [6.45, 7) is 8.89. The van der Waals surface area contributed by atoms with Crippen LogP contribution in [0.25, 0.3) is 0 Å². The quantitative estimate of drug-likeness (QED) is 0.401. The summed E-state index contributed by atoms with van der Waals surface area (Å²) in [7, 11) is 0. The summed E-state index contributed by atoms with van der Waals surface area (Å²) >= 11 is 0. The molecule has 1 amide bonds. The van der Waals surface area contributed by atoms with Gasteiger partial charge in [0.2, 0.25) is 5.91 Å². The number of amides is 1. The molecule has 0 radical (unpaired) electrons. The van der Waals surface area contributed by atoms with Crippen LogP contribution in [0.2, 0.25) is 0 Å². The fourth-order valence-electron chi connectivity index (χ4n) is 5.69. The first kappa shape index (κ1) is 28.1. The van der Waals surface area contributed by atoms with Gasteiger partial charge in [-0.3, -0.25) is 14.5 Å². The number of hydrogen-bond acceptors (Lipinski definition) is 5. The molecule has 1 aliphatic heterocycles. The fraction of sp³-hybridized carbons (Fsp3) is 0.500. The standard InChI is InChI=1S/C30H39N5O2.ClH/c1-22(2)28-13-12-24(19-31-28)35(30(37)27-10-6-9-26-25(27)8-7-11-29(26)36)21-23-18-32-34(20-23)17-16-33-14-4-3-5-15-33;/h7-8,11-13,18-20,22,27,36H,3-6,9-10,14-17,21H2,1-2H3;1H. The maximum absolute atomic E-state index is 14.1. The number of carbonyl (C=O) groups excluding carboxylic acids is 1. The van der Waals surface area contributed by atoms with Crippen molar-refractivity contribution >= 4 is 24.0 Å². The second-order valence-electron chi connectivity index (χ2n) is 10.8. The Morgan fingerprint density at radius 3 is 2.63 bits per heavy atom. The number of likely N-dealkylation sites (tertiary alicyclic amines) is 1. The van der Waals surface area contributed by atoms with Gasteiger partial charge in [-0.1, -0.05) is 32.4 Å². The number of hydrogen-bond donors (Lipinski definition) is 1. The van der Waals surface area contributed by atoms with Crippen molar-refractivity contribution in [1.82, 2.24) is 19.7 Å². The van der Waals surface area contributed by atoms with E-state index in [0.29, 0.717) is 18.2 Å². The van der Waals surface area contributed by atoms with Crippen LogP contribution >= 0.6 is 12.4 Å². The topological polar surface area (TPSA) is 74.5 Å². The maximum Gasteiger partial charge on any atom is 0.234 e. The van der Waals surface area contributed by atoms with Crippen molar-refractivity contribution in [2.45, 2.75) is 77.3 Å². The van der Waals surface area contributed by atoms with Crippen LogP contribution in [0.5, 0.6) is 5.75 Å². The number of nitrogens with zero attached hydrogens (tertiary/aromatic N) is 5. The summed E-state index contributed by atoms with van der Waals surface area (Å²) in [6, 6.07) is 9.58. The Morgan fingerprint density at radius 2 is 1.89 bits per heavy atom. The van der Waals surface area contributed by atoms with Gasteiger partial charge in [0.15, 0.2) is 0 Å². The Bertz CT molecular complexity index is 1200. The second-order valence-corrected chi connectivity index (χ2v) is 10.8. The van der Waals surface area contributed by atoms with Crippen LogP contribution in [-0.2, 0) is 24.3 Å². The van der Waals surface area contributed by atoms with Crippen molar-refractivity contribution in [2.75, 3.05) is 24.5 Å². The Balaban J connectivity index is 0.00000336. The molecule has 1 fully saturated rings. The molecule has 1 aromatic carbocycles. The van der Waals surface area contributed by atoms with E-state index < -0.39 is 0 Å². The first-order valence-corrected chi connectivity index (χ1v) is 13.8. The van der Waals surface area contributed by atoms with Crippen LogP contribution in [0.3, 0.4) is 0 Å². The SMILES string of the molecule is CC(C)c1ccc(N(Cc2cnn(CCN3CCCCC3)c2)C(=O)C2CCCc3c(O)cccc32)cn1.Cl. The van der Waals surface area contributed by atoms with E-state index >= 15 is 0 Å². The van der Waals surface area contributed by atoms with Crippen molar-refractivity contribution in [3.8, 4) is 5.75 Å². The Labute approximate surface area is 232 Å². The minimum Gasteiger partial charge on any atom is -0.508 e. The summed E-state index contributed by atoms with van der Waals surface area (Å²) in [6.07, 6.45) is 12.1. The van der Waals surface area contributed by atoms with Gasteiger partial charge in [-0.05, 0) is 80.4 Å². The molecular weight excluding hydrogens is 498 g/mol. The van der Waals surface area contributed by atoms with Crippen molar-refractivity contribution in [3.05, 3.63) is 71.3 Å². The van der Waals surface area contributed by atoms with Crippen LogP contribution in [0, 0.1) is 0 Å². The van der Waals surface area contributed by atoms with Crippen LogP contribution in [-0.4, -0.2) is 50.3 Å². The number of carbonyl (C=O) groups is 1. The molecule has 1 saturated heterocycles. The molecule has 1 unspecified atom stereocenters. The smallest absolute Gasteiger partial charge is 0.234 e. The molecule has 0 saturated carbocycles. The molecule has 8 heteroatoms. The van der Waals surface area contributed by atoms with Crippen LogP contribution < -0.4 is 4.90 Å². The number of pyridine rings is 1. The summed E-state index contributed by atoms with van der Waals surface area (Å²) < 4.78 is 2.00. The third kappa shape index (κ3) is 6.38. The second kappa shape index (κ2) is 12.8. The maximum atomic E-state index is 14.1. The predicted octanol–water partition coefficient (Wildman–Crippen LogP) is 5.67. The lowest BCUT2D eigenvalue weighted by Crippen LogP contribution is -2.36. The predicted molar refractivity (Wildman–Crippen MR) is 153 cm³/mol. The van der Waals surface area contributed by atoms with Gasteiger partial charge >= 0.3 is 0 Å². The number of rotatable bonds is 8. The molecule has 1 atom stereocenters. The third-order valence-corrected chi connectivity index (χ3v) is 7.84. The van der Waals surface area contributed by atoms with Crippen LogP contribution in [0.4, 0.5) is 5.69 Å². The van der Waals surface area contributed by atoms with Gasteiger partial charge < -0.3 is 14.9 Å². The van der Waals surface area contributed by atoms with Gasteiger partial charge in [0, 0.05) is 24.0 Å². The molecule has 5 rings (SSSR count). The van der Waals surface area contributed by atoms with Crippen molar-refractivity contribution in [3.63, 3.8) is 0 Å². The van der Waals surface area contributed by atoms with Crippen molar-refractivity contribution in [2.24, 2.45) is 0 Å². The third-order valence-electron chi connectivity index (χ3n) is 7.84. The largest absolute Gasteiger partial charge is 0.508 e. The average molecular weight is 538 g/mol. The number of anilines is 1. The molecular formula is C30H40ClN5O2. The molecule has 1 aliphatic carbocycles. The first-order valence-electron chi connectivity index (χ1n) is 13.8. The molecule has 0 bridgehead atoms. The normalized spacial score (nSPS) is 17.6. The first-order chi connectivity index (χ1) is 18.0. The highest BCUT2D eigenvalue weighted by Gasteiger charge is 2.32. The molecule has 2 aromatic heterocycles. The van der Waals surface area contributed by atoms with Gasteiger partial charge in [-0.2, -0.15) is 5.10 Å². The van der Waals surface area contributed by atoms with E-state index in [4.69, 9.17) is 0 Å². The zero-order chi connectivity index (χ0) is 25.8. The zero-order valence-corrected chi connectivity index (χ0v) is 23.4. The number of phenols is 1. The van der Waals surface area contributed by atoms with E-state index in [0.717, 1.165) is 60.4 Å². The lowest BCUT2D eigenvalue weighted by atomic mass is 9.81. The minimum absolute atomic E-state index is 0. The highest BCUT2D eigenvalue weighted by Crippen LogP contribution is 2.38. The lowest BCUT2D eigenvalue weighted by Gasteiger charge is -2.31. The van der Waals surface area contributed by atoms with E-state index in [1.807, 2.05) is 46.2 Å². The molecule has 38 heavy (non-hydrogen) atoms. The Kier molecular flexibility index (Phi) is 9.44. The van der Waals surface area contributed by atoms with Gasteiger partial charge in [-0.15, -0.1) is 12.4 Å². The number of fused-ring (bicyclic) bond motifs is 1. The van der Waals surface area contributed by atoms with E-state index in [1.165, 1.54) is 32.4 Å². The Hall–Kier alpha value is -2.90. The summed E-state index contributed by atoms with van der Waals surface area (Å²) in [5.74, 6) is 0.380. The summed E-state index contributed by atoms with van der Waals surface area (Å²) in [5.41, 5.74) is 4.67. The molecule has 3 aromatic rings. The molecule has 204 valence electrons. The van der Waals surface area contributed by atoms with E-state index in [1.54, 1.807) is 6.07 Å². The number of aromatic hydroxyl groups is 1. The zero-order valence-electron chi connectivity index (χ0n) is 22.6. The Morgan fingerprint density at radius 1 is 1.08 bits per heavy atom. The van der Waals surface area contributed by atoms with Gasteiger partial charge in [0.25, 0.3) is 0 Å². The monoisotopic (exact) mass is 537 g/mol. The van der Waals surface area contributed by atoms with Gasteiger partial charge in [0.1, 0.15) is 5.75 Å². The lowest BCUT2D eigenvalue weighted by molar-refractivity contribution is -0.120. The number of piperidine rings is 1. The summed E-state index contributed by atoms with van der Waals surface area (Å²) in [5, 5.41) is 15.0. The molecule has 0 spiro atoms. The van der Waals surface area contributed by atoms with E-state index in [9.17, 15) is 9.90 Å². The minimum atomic E-state index is -0.283. The van der Waals surface area contributed by atoms with Crippen LogP contribution in [0.15, 0.2) is 48.9 Å². The van der Waals surface area contributed by atoms with E-state index in [2.05, 4.69) is 35.0 Å². The highest BCUT2D eigenvalue weighted by molar-refractivity contribution is 5.98. The fourth-order valence-corrected chi connectivity index (χ4v) is 5.69. The van der Waals surface area contributed by atoms with Crippen LogP contribution in [0.1, 0.15) is 80.2 Å². The number of aromatic nitrogens is 3. The van der Waals surface area contributed by atoms with Gasteiger partial charge in [-0.25, -0.2) is 0 Å². The molecule has 3 heterocycles. The molecule has 1 N–H and O–H groups in total. The molecule has 7 nitrogen and oxygen atoms in total. The van der Waals surface area contributed by atoms with E-state index in [-0.39, 0.29) is 24.2 Å². The molecule has 2 aliphatic rings. The van der Waals surface area contributed by atoms with Crippen molar-refractivity contribution in [1.29, 1.82) is 0 Å². The average Bonchev–Trinajstić information content (AvgIpc) is 3.38. The van der Waals surface area contributed by atoms with Gasteiger partial charge in [0.05, 0.1) is 37.1 Å². The number of phenolic OH excluding ortho intramolecular Hbond substituents is 1. The summed E-state index contributed by atoms with van der Waals surface area (Å²) in [4.78, 5) is 23.1.